The van der Waals surface area contributed by atoms with Crippen molar-refractivity contribution in [2.45, 2.75) is 32.4 Å². The van der Waals surface area contributed by atoms with Crippen molar-refractivity contribution in [1.82, 2.24) is 15.1 Å². The molecule has 1 heterocycles. The molecule has 0 aliphatic heterocycles. The van der Waals surface area contributed by atoms with Gasteiger partial charge in [0.25, 0.3) is 5.91 Å². The van der Waals surface area contributed by atoms with Crippen LogP contribution in [-0.2, 0) is 0 Å². The smallest absolute Gasteiger partial charge is 0.254 e. The first kappa shape index (κ1) is 13.8. The molecule has 0 bridgehead atoms. The molecule has 0 radical (unpaired) electrons. The molecule has 1 saturated carbocycles. The third-order valence-electron chi connectivity index (χ3n) is 4.51. The number of hydrogen-bond donors (Lipinski definition) is 2. The lowest BCUT2D eigenvalue weighted by molar-refractivity contribution is 0.0586. The number of nitrogens with two attached hydrogens (primary N) is 1. The second kappa shape index (κ2) is 5.00. The van der Waals surface area contributed by atoms with Gasteiger partial charge in [0.2, 0.25) is 0 Å². The number of carbonyl (C=O) groups excluding carboxylic acids is 1. The second-order valence-electron chi connectivity index (χ2n) is 6.20. The van der Waals surface area contributed by atoms with E-state index >= 15 is 0 Å². The van der Waals surface area contributed by atoms with E-state index < -0.39 is 0 Å². The van der Waals surface area contributed by atoms with E-state index in [9.17, 15) is 4.79 Å². The summed E-state index contributed by atoms with van der Waals surface area (Å²) >= 11 is 0. The maximum atomic E-state index is 12.3. The van der Waals surface area contributed by atoms with E-state index in [0.717, 1.165) is 12.1 Å². The van der Waals surface area contributed by atoms with E-state index in [4.69, 9.17) is 5.73 Å². The first-order chi connectivity index (χ1) is 9.98. The largest absolute Gasteiger partial charge is 0.349 e. The van der Waals surface area contributed by atoms with Crippen molar-refractivity contribution in [1.29, 1.82) is 0 Å². The van der Waals surface area contributed by atoms with Gasteiger partial charge < -0.3 is 11.1 Å². The molecular weight excluding hydrogens is 264 g/mol. The van der Waals surface area contributed by atoms with Gasteiger partial charge in [0, 0.05) is 23.7 Å². The average molecular weight is 284 g/mol. The van der Waals surface area contributed by atoms with E-state index in [0.29, 0.717) is 5.56 Å². The van der Waals surface area contributed by atoms with Gasteiger partial charge in [-0.1, -0.05) is 32.0 Å². The van der Waals surface area contributed by atoms with E-state index in [1.165, 1.54) is 0 Å². The molecule has 5 nitrogen and oxygen atoms in total. The molecular formula is C16H20N4O. The normalized spacial score (nSPS) is 23.4. The molecule has 1 aliphatic rings. The van der Waals surface area contributed by atoms with Crippen LogP contribution in [0.15, 0.2) is 42.7 Å². The molecule has 1 amide bonds. The van der Waals surface area contributed by atoms with Crippen LogP contribution < -0.4 is 11.1 Å². The van der Waals surface area contributed by atoms with Gasteiger partial charge in [0.05, 0.1) is 17.4 Å². The molecule has 0 spiro atoms. The number of nitrogens with zero attached hydrogens (tertiary/aromatic N) is 2. The van der Waals surface area contributed by atoms with Crippen LogP contribution in [0.2, 0.25) is 0 Å². The Kier molecular flexibility index (Phi) is 3.29. The molecule has 1 aromatic carbocycles. The van der Waals surface area contributed by atoms with Crippen LogP contribution in [-0.4, -0.2) is 27.8 Å². The van der Waals surface area contributed by atoms with E-state index in [2.05, 4.69) is 24.3 Å². The van der Waals surface area contributed by atoms with Crippen molar-refractivity contribution >= 4 is 5.91 Å². The molecule has 21 heavy (non-hydrogen) atoms. The number of hydrogen-bond acceptors (Lipinski definition) is 3. The molecule has 2 atom stereocenters. The maximum Gasteiger partial charge on any atom is 0.254 e. The number of para-hydroxylation sites is 1. The molecule has 0 saturated heterocycles. The highest BCUT2D eigenvalue weighted by Gasteiger charge is 2.46. The Morgan fingerprint density at radius 2 is 2.10 bits per heavy atom. The molecule has 2 unspecified atom stereocenters. The summed E-state index contributed by atoms with van der Waals surface area (Å²) in [6, 6.07) is 9.99. The van der Waals surface area contributed by atoms with Gasteiger partial charge in [-0.3, -0.25) is 4.79 Å². The summed E-state index contributed by atoms with van der Waals surface area (Å²) in [5, 5.41) is 7.29. The Morgan fingerprint density at radius 1 is 1.38 bits per heavy atom. The standard InChI is InChI=1S/C16H20N4O/c1-16(2)13(17)8-14(16)19-15(21)11-9-18-20(10-11)12-6-4-3-5-7-12/h3-7,9-10,13-14H,8,17H2,1-2H3,(H,19,21). The zero-order chi connectivity index (χ0) is 15.0. The lowest BCUT2D eigenvalue weighted by Crippen LogP contribution is -2.64. The number of amides is 1. The van der Waals surface area contributed by atoms with Crippen molar-refractivity contribution in [3.05, 3.63) is 48.3 Å². The van der Waals surface area contributed by atoms with Gasteiger partial charge in [-0.2, -0.15) is 5.10 Å². The van der Waals surface area contributed by atoms with Crippen LogP contribution in [0.1, 0.15) is 30.6 Å². The van der Waals surface area contributed by atoms with E-state index in [-0.39, 0.29) is 23.4 Å². The second-order valence-corrected chi connectivity index (χ2v) is 6.20. The van der Waals surface area contributed by atoms with Gasteiger partial charge in [0.15, 0.2) is 0 Å². The molecule has 1 fully saturated rings. The van der Waals surface area contributed by atoms with Crippen molar-refractivity contribution in [2.24, 2.45) is 11.1 Å². The Labute approximate surface area is 124 Å². The number of aromatic nitrogens is 2. The van der Waals surface area contributed by atoms with Crippen molar-refractivity contribution in [2.75, 3.05) is 0 Å². The van der Waals surface area contributed by atoms with Crippen LogP contribution >= 0.6 is 0 Å². The van der Waals surface area contributed by atoms with Gasteiger partial charge >= 0.3 is 0 Å². The van der Waals surface area contributed by atoms with Crippen LogP contribution in [0.4, 0.5) is 0 Å². The van der Waals surface area contributed by atoms with E-state index in [1.54, 1.807) is 17.1 Å². The Balaban J connectivity index is 1.71. The Hall–Kier alpha value is -2.14. The topological polar surface area (TPSA) is 72.9 Å². The number of rotatable bonds is 3. The fourth-order valence-electron chi connectivity index (χ4n) is 2.61. The lowest BCUT2D eigenvalue weighted by atomic mass is 9.63. The van der Waals surface area contributed by atoms with Crippen molar-refractivity contribution in [3.63, 3.8) is 0 Å². The summed E-state index contributed by atoms with van der Waals surface area (Å²) in [7, 11) is 0. The fraction of sp³-hybridized carbons (Fsp3) is 0.375. The predicted octanol–water partition coefficient (Wildman–Crippen LogP) is 1.73. The minimum atomic E-state index is -0.0952. The molecule has 5 heteroatoms. The first-order valence-corrected chi connectivity index (χ1v) is 7.15. The summed E-state index contributed by atoms with van der Waals surface area (Å²) in [5.74, 6) is -0.0952. The Morgan fingerprint density at radius 3 is 2.71 bits per heavy atom. The minimum Gasteiger partial charge on any atom is -0.349 e. The zero-order valence-electron chi connectivity index (χ0n) is 12.3. The number of benzene rings is 1. The van der Waals surface area contributed by atoms with Crippen LogP contribution in [0, 0.1) is 5.41 Å². The molecule has 1 aromatic heterocycles. The minimum absolute atomic E-state index is 0.0505. The molecule has 110 valence electrons. The summed E-state index contributed by atoms with van der Waals surface area (Å²) < 4.78 is 1.70. The Bertz CT molecular complexity index is 647. The highest BCUT2D eigenvalue weighted by Crippen LogP contribution is 2.39. The van der Waals surface area contributed by atoms with Gasteiger partial charge in [-0.15, -0.1) is 0 Å². The van der Waals surface area contributed by atoms with Crippen LogP contribution in [0.25, 0.3) is 5.69 Å². The fourth-order valence-corrected chi connectivity index (χ4v) is 2.61. The van der Waals surface area contributed by atoms with Crippen LogP contribution in [0.3, 0.4) is 0 Å². The monoisotopic (exact) mass is 284 g/mol. The summed E-state index contributed by atoms with van der Waals surface area (Å²) in [6.07, 6.45) is 4.16. The predicted molar refractivity (Wildman–Crippen MR) is 81.2 cm³/mol. The third-order valence-corrected chi connectivity index (χ3v) is 4.51. The average Bonchev–Trinajstić information content (AvgIpc) is 2.98. The molecule has 1 aliphatic carbocycles. The van der Waals surface area contributed by atoms with Gasteiger partial charge in [0.1, 0.15) is 0 Å². The van der Waals surface area contributed by atoms with Gasteiger partial charge in [-0.25, -0.2) is 4.68 Å². The van der Waals surface area contributed by atoms with Crippen molar-refractivity contribution < 1.29 is 4.79 Å². The summed E-state index contributed by atoms with van der Waals surface area (Å²) in [5.41, 5.74) is 7.42. The summed E-state index contributed by atoms with van der Waals surface area (Å²) in [6.45, 7) is 4.17. The number of carbonyl (C=O) groups is 1. The first-order valence-electron chi connectivity index (χ1n) is 7.15. The highest BCUT2D eigenvalue weighted by molar-refractivity contribution is 5.94. The maximum absolute atomic E-state index is 12.3. The summed E-state index contributed by atoms with van der Waals surface area (Å²) in [4.78, 5) is 12.3. The molecule has 2 aromatic rings. The van der Waals surface area contributed by atoms with Crippen molar-refractivity contribution in [3.8, 4) is 5.69 Å². The quantitative estimate of drug-likeness (QED) is 0.901. The van der Waals surface area contributed by atoms with E-state index in [1.807, 2.05) is 30.3 Å². The van der Waals surface area contributed by atoms with Gasteiger partial charge in [-0.05, 0) is 18.6 Å². The third kappa shape index (κ3) is 2.45. The number of nitrogens with one attached hydrogen (secondary N) is 1. The highest BCUT2D eigenvalue weighted by atomic mass is 16.1. The lowest BCUT2D eigenvalue weighted by Gasteiger charge is -2.50. The molecule has 3 rings (SSSR count). The SMILES string of the molecule is CC1(C)C(N)CC1NC(=O)c1cnn(-c2ccccc2)c1. The molecule has 3 N–H and O–H groups in total. The van der Waals surface area contributed by atoms with Crippen LogP contribution in [0.5, 0.6) is 0 Å². The zero-order valence-corrected chi connectivity index (χ0v) is 12.3.